The molecule has 18 heteroatoms. The van der Waals surface area contributed by atoms with E-state index in [0.717, 1.165) is 12.8 Å². The minimum Gasteiger partial charge on any atom is -0.481 e. The second kappa shape index (κ2) is 27.6. The Hall–Kier alpha value is -3.18. The van der Waals surface area contributed by atoms with Crippen molar-refractivity contribution in [2.24, 2.45) is 23.5 Å². The molecule has 0 radical (unpaired) electrons. The molecule has 3 heterocycles. The Morgan fingerprint density at radius 2 is 1.28 bits per heavy atom. The molecule has 13 N–H and O–H groups in total. The molecule has 19 atom stereocenters. The lowest BCUT2D eigenvalue weighted by molar-refractivity contribution is -0.310. The molecular formula is C47H75NO17. The van der Waals surface area contributed by atoms with Crippen LogP contribution in [0.2, 0.25) is 0 Å². The van der Waals surface area contributed by atoms with Gasteiger partial charge < -0.3 is 80.9 Å². The third-order valence-electron chi connectivity index (χ3n) is 12.2. The van der Waals surface area contributed by atoms with Crippen LogP contribution in [0, 0.1) is 17.8 Å². The van der Waals surface area contributed by atoms with Crippen molar-refractivity contribution in [3.63, 3.8) is 0 Å². The Morgan fingerprint density at radius 1 is 0.692 bits per heavy atom. The molecule has 0 saturated carbocycles. The molecule has 14 unspecified atom stereocenters. The standard InChI is InChI=1S/C47H75NO17/c1-27-17-15-13-11-9-7-5-6-8-10-12-14-16-18-34(64-46-44(58)41(48)43(57)30(4)63-46)24-38-40(45(59)60)37(54)26-47(61,65-38)25-36(53)35(52)20-19-31(49)21-32(50)22-33(51)23-39(55)62-29(3)28(2)42(27)56/h5-6,8,10-18,27-38,40-44,46,49-54,56-58,61H,7,9,19-26,48H2,1-4H3,(H,59,60)/b6-5+,10-8+,13-11+,14-12+,17-15+,18-16+/t27-,28-,29-,30?,31?,32?,33?,34?,35?,36?,37?,38?,40?,41?,42+,43?,44?,46?,47+/m0/s1. The summed E-state index contributed by atoms with van der Waals surface area (Å²) in [5.41, 5.74) is 6.02. The number of carboxylic acid groups (broad SMARTS) is 1. The van der Waals surface area contributed by atoms with Crippen LogP contribution < -0.4 is 5.73 Å². The number of hydrogen-bond donors (Lipinski definition) is 12. The number of aliphatic hydroxyl groups excluding tert-OH is 9. The van der Waals surface area contributed by atoms with E-state index in [4.69, 9.17) is 24.7 Å². The van der Waals surface area contributed by atoms with Crippen LogP contribution in [0.3, 0.4) is 0 Å². The van der Waals surface area contributed by atoms with Gasteiger partial charge in [0.25, 0.3) is 0 Å². The number of allylic oxidation sites excluding steroid dienone is 10. The molecule has 0 aliphatic carbocycles. The minimum atomic E-state index is -2.35. The third-order valence-corrected chi connectivity index (χ3v) is 12.2. The Morgan fingerprint density at radius 3 is 1.94 bits per heavy atom. The highest BCUT2D eigenvalue weighted by Crippen LogP contribution is 2.38. The average molecular weight is 926 g/mol. The van der Waals surface area contributed by atoms with Gasteiger partial charge in [-0.2, -0.15) is 0 Å². The maximum atomic E-state index is 12.6. The second-order valence-corrected chi connectivity index (χ2v) is 17.8. The van der Waals surface area contributed by atoms with Crippen LogP contribution in [0.15, 0.2) is 72.9 Å². The van der Waals surface area contributed by atoms with Crippen molar-refractivity contribution in [3.8, 4) is 0 Å². The molecule has 2 bridgehead atoms. The molecule has 3 aliphatic rings. The number of fused-ring (bicyclic) bond motifs is 2. The summed E-state index contributed by atoms with van der Waals surface area (Å²) < 4.78 is 23.2. The maximum Gasteiger partial charge on any atom is 0.311 e. The number of nitrogens with two attached hydrogens (primary N) is 1. The highest BCUT2D eigenvalue weighted by molar-refractivity contribution is 5.71. The van der Waals surface area contributed by atoms with Crippen LogP contribution in [-0.2, 0) is 28.5 Å². The third kappa shape index (κ3) is 18.8. The van der Waals surface area contributed by atoms with E-state index in [1.807, 2.05) is 49.5 Å². The van der Waals surface area contributed by atoms with Gasteiger partial charge in [0.05, 0.1) is 79.6 Å². The fraction of sp³-hybridized carbons (Fsp3) is 0.702. The van der Waals surface area contributed by atoms with Gasteiger partial charge in [0.15, 0.2) is 12.1 Å². The van der Waals surface area contributed by atoms with Crippen LogP contribution >= 0.6 is 0 Å². The van der Waals surface area contributed by atoms with E-state index in [9.17, 15) is 65.8 Å². The Bertz CT molecular complexity index is 1620. The van der Waals surface area contributed by atoms with Gasteiger partial charge in [0.2, 0.25) is 0 Å². The zero-order valence-electron chi connectivity index (χ0n) is 37.8. The second-order valence-electron chi connectivity index (χ2n) is 17.8. The van der Waals surface area contributed by atoms with Crippen molar-refractivity contribution in [3.05, 3.63) is 72.9 Å². The van der Waals surface area contributed by atoms with Crippen LogP contribution in [-0.4, -0.2) is 166 Å². The SMILES string of the molecule is CC1OC(OC2/C=C/C=C/C=C/C=C/CC/C=C/C=C/[C@H](C)[C@@H](O)[C@@H](C)[C@H](C)OC(=O)CC(O)CC(O)CC(O)CCC(O)C(O)C[C@]3(O)CC(O)C(C(=O)O)C(C2)O3)C(O)C(N)C1O. The topological polar surface area (TPSA) is 320 Å². The molecule has 65 heavy (non-hydrogen) atoms. The number of cyclic esters (lactones) is 1. The summed E-state index contributed by atoms with van der Waals surface area (Å²) >= 11 is 0. The van der Waals surface area contributed by atoms with Gasteiger partial charge in [0.1, 0.15) is 18.1 Å². The molecule has 370 valence electrons. The van der Waals surface area contributed by atoms with Gasteiger partial charge in [-0.25, -0.2) is 0 Å². The molecule has 0 amide bonds. The maximum absolute atomic E-state index is 12.6. The first-order chi connectivity index (χ1) is 30.6. The zero-order chi connectivity index (χ0) is 48.4. The normalized spacial score (nSPS) is 45.2. The first-order valence-corrected chi connectivity index (χ1v) is 22.6. The summed E-state index contributed by atoms with van der Waals surface area (Å²) in [5.74, 6) is -6.82. The highest BCUT2D eigenvalue weighted by atomic mass is 16.7. The summed E-state index contributed by atoms with van der Waals surface area (Å²) in [6.07, 6.45) is 2.28. The summed E-state index contributed by atoms with van der Waals surface area (Å²) in [4.78, 5) is 25.1. The fourth-order valence-corrected chi connectivity index (χ4v) is 8.11. The molecule has 3 rings (SSSR count). The Kier molecular flexibility index (Phi) is 23.8. The predicted molar refractivity (Wildman–Crippen MR) is 237 cm³/mol. The van der Waals surface area contributed by atoms with Crippen LogP contribution in [0.25, 0.3) is 0 Å². The minimum absolute atomic E-state index is 0.138. The van der Waals surface area contributed by atoms with Gasteiger partial charge in [-0.1, -0.05) is 86.8 Å². The number of carboxylic acids is 1. The number of carbonyl (C=O) groups excluding carboxylic acids is 1. The highest BCUT2D eigenvalue weighted by Gasteiger charge is 2.51. The van der Waals surface area contributed by atoms with Crippen molar-refractivity contribution in [2.45, 2.75) is 189 Å². The van der Waals surface area contributed by atoms with E-state index in [0.29, 0.717) is 0 Å². The molecule has 2 fully saturated rings. The van der Waals surface area contributed by atoms with Crippen molar-refractivity contribution in [2.75, 3.05) is 0 Å². The molecular weight excluding hydrogens is 851 g/mol. The summed E-state index contributed by atoms with van der Waals surface area (Å²) in [5, 5.41) is 118. The van der Waals surface area contributed by atoms with Gasteiger partial charge in [-0.05, 0) is 52.4 Å². The molecule has 18 nitrogen and oxygen atoms in total. The first kappa shape index (κ1) is 56.1. The van der Waals surface area contributed by atoms with Gasteiger partial charge in [-0.15, -0.1) is 0 Å². The summed E-state index contributed by atoms with van der Waals surface area (Å²) in [6, 6.07) is -1.14. The molecule has 3 aliphatic heterocycles. The van der Waals surface area contributed by atoms with Crippen molar-refractivity contribution < 1.29 is 84.7 Å². The van der Waals surface area contributed by atoms with Crippen LogP contribution in [0.1, 0.15) is 91.9 Å². The van der Waals surface area contributed by atoms with Crippen molar-refractivity contribution in [1.29, 1.82) is 0 Å². The number of hydrogen-bond acceptors (Lipinski definition) is 17. The van der Waals surface area contributed by atoms with Crippen molar-refractivity contribution in [1.82, 2.24) is 0 Å². The molecule has 0 aromatic rings. The van der Waals surface area contributed by atoms with E-state index < -0.39 is 141 Å². The van der Waals surface area contributed by atoms with E-state index >= 15 is 0 Å². The average Bonchev–Trinajstić information content (AvgIpc) is 3.21. The van der Waals surface area contributed by atoms with Gasteiger partial charge >= 0.3 is 11.9 Å². The quantitative estimate of drug-likeness (QED) is 0.175. The molecule has 0 aromatic carbocycles. The number of carbonyl (C=O) groups is 2. The molecule has 0 aromatic heterocycles. The van der Waals surface area contributed by atoms with Crippen LogP contribution in [0.5, 0.6) is 0 Å². The van der Waals surface area contributed by atoms with E-state index in [2.05, 4.69) is 0 Å². The number of ether oxygens (including phenoxy) is 4. The Labute approximate surface area is 381 Å². The van der Waals surface area contributed by atoms with E-state index in [1.54, 1.807) is 38.2 Å². The number of aliphatic hydroxyl groups is 10. The van der Waals surface area contributed by atoms with Gasteiger partial charge in [0, 0.05) is 31.1 Å². The number of esters is 1. The predicted octanol–water partition coefficient (Wildman–Crippen LogP) is 0.936. The molecule has 0 spiro atoms. The van der Waals surface area contributed by atoms with Gasteiger partial charge in [-0.3, -0.25) is 9.59 Å². The molecule has 2 saturated heterocycles. The zero-order valence-corrected chi connectivity index (χ0v) is 37.8. The number of aliphatic carboxylic acids is 1. The Balaban J connectivity index is 1.84. The fourth-order valence-electron chi connectivity index (χ4n) is 8.11. The lowest BCUT2D eigenvalue weighted by atomic mass is 9.82. The lowest BCUT2D eigenvalue weighted by Crippen LogP contribution is -2.61. The van der Waals surface area contributed by atoms with Crippen molar-refractivity contribution >= 4 is 11.9 Å². The number of rotatable bonds is 3. The summed E-state index contributed by atoms with van der Waals surface area (Å²) in [7, 11) is 0. The van der Waals surface area contributed by atoms with E-state index in [1.165, 1.54) is 13.0 Å². The smallest absolute Gasteiger partial charge is 0.311 e. The van der Waals surface area contributed by atoms with E-state index in [-0.39, 0.29) is 38.0 Å². The lowest BCUT2D eigenvalue weighted by Gasteiger charge is -2.45. The first-order valence-electron chi connectivity index (χ1n) is 22.6. The summed E-state index contributed by atoms with van der Waals surface area (Å²) in [6.45, 7) is 6.78. The largest absolute Gasteiger partial charge is 0.481 e. The monoisotopic (exact) mass is 926 g/mol. The van der Waals surface area contributed by atoms with Crippen LogP contribution in [0.4, 0.5) is 0 Å².